The van der Waals surface area contributed by atoms with Gasteiger partial charge in [0.1, 0.15) is 6.61 Å². The number of nitrogens with one attached hydrogen (secondary N) is 1. The van der Waals surface area contributed by atoms with Crippen LogP contribution in [0.15, 0.2) is 0 Å². The van der Waals surface area contributed by atoms with Gasteiger partial charge in [-0.2, -0.15) is 0 Å². The third-order valence-electron chi connectivity index (χ3n) is 2.59. The second-order valence-electron chi connectivity index (χ2n) is 4.32. The second kappa shape index (κ2) is 6.44. The van der Waals surface area contributed by atoms with Gasteiger partial charge in [-0.25, -0.2) is 4.79 Å². The van der Waals surface area contributed by atoms with Crippen molar-refractivity contribution >= 4 is 12.0 Å². The van der Waals surface area contributed by atoms with E-state index in [9.17, 15) is 9.59 Å². The molecule has 1 saturated heterocycles. The van der Waals surface area contributed by atoms with Crippen molar-refractivity contribution in [3.63, 3.8) is 0 Å². The maximum atomic E-state index is 11.7. The van der Waals surface area contributed by atoms with Gasteiger partial charge in [0.2, 0.25) is 5.91 Å². The number of amides is 2. The molecule has 0 spiro atoms. The summed E-state index contributed by atoms with van der Waals surface area (Å²) in [6.07, 6.45) is 0.343. The lowest BCUT2D eigenvalue weighted by Gasteiger charge is -2.17. The van der Waals surface area contributed by atoms with Crippen LogP contribution in [0.4, 0.5) is 4.79 Å². The highest BCUT2D eigenvalue weighted by Gasteiger charge is 2.27. The molecule has 0 saturated carbocycles. The molecular formula is C11H20N2O4. The van der Waals surface area contributed by atoms with Crippen LogP contribution in [0.25, 0.3) is 0 Å². The summed E-state index contributed by atoms with van der Waals surface area (Å²) in [5.74, 6) is -0.0344. The lowest BCUT2D eigenvalue weighted by atomic mass is 10.3. The van der Waals surface area contributed by atoms with Crippen molar-refractivity contribution in [1.29, 1.82) is 0 Å². The van der Waals surface area contributed by atoms with Crippen molar-refractivity contribution < 1.29 is 19.1 Å². The number of hydrogen-bond donors (Lipinski definition) is 1. The molecule has 1 aliphatic rings. The Labute approximate surface area is 101 Å². The van der Waals surface area contributed by atoms with Crippen LogP contribution >= 0.6 is 0 Å². The smallest absolute Gasteiger partial charge is 0.407 e. The molecule has 0 aliphatic carbocycles. The first kappa shape index (κ1) is 13.8. The molecule has 1 rings (SSSR count). The van der Waals surface area contributed by atoms with E-state index in [-0.39, 0.29) is 24.7 Å². The van der Waals surface area contributed by atoms with E-state index in [1.807, 2.05) is 13.8 Å². The molecule has 17 heavy (non-hydrogen) atoms. The van der Waals surface area contributed by atoms with Crippen LogP contribution in [0.2, 0.25) is 0 Å². The average Bonchev–Trinajstić information content (AvgIpc) is 2.74. The fraction of sp³-hybridized carbons (Fsp3) is 0.818. The number of nitrogens with zero attached hydrogens (tertiary/aromatic N) is 1. The number of carbonyl (C=O) groups is 2. The zero-order valence-electron chi connectivity index (χ0n) is 10.6. The van der Waals surface area contributed by atoms with Crippen LogP contribution < -0.4 is 5.32 Å². The van der Waals surface area contributed by atoms with E-state index in [0.29, 0.717) is 13.1 Å². The second-order valence-corrected chi connectivity index (χ2v) is 4.32. The minimum atomic E-state index is -0.456. The van der Waals surface area contributed by atoms with Gasteiger partial charge in [-0.3, -0.25) is 4.79 Å². The van der Waals surface area contributed by atoms with Gasteiger partial charge in [0.05, 0.1) is 19.3 Å². The predicted molar refractivity (Wildman–Crippen MR) is 61.6 cm³/mol. The highest BCUT2D eigenvalue weighted by atomic mass is 16.5. The Morgan fingerprint density at radius 2 is 2.18 bits per heavy atom. The van der Waals surface area contributed by atoms with E-state index >= 15 is 0 Å². The minimum absolute atomic E-state index is 0.0227. The van der Waals surface area contributed by atoms with Gasteiger partial charge < -0.3 is 19.7 Å². The van der Waals surface area contributed by atoms with Gasteiger partial charge in [0.15, 0.2) is 0 Å². The Morgan fingerprint density at radius 1 is 1.47 bits per heavy atom. The van der Waals surface area contributed by atoms with Crippen molar-refractivity contribution in [1.82, 2.24) is 10.2 Å². The largest absolute Gasteiger partial charge is 0.453 e. The number of ether oxygens (including phenoxy) is 2. The van der Waals surface area contributed by atoms with Crippen molar-refractivity contribution in [3.05, 3.63) is 0 Å². The molecule has 1 heterocycles. The molecule has 1 atom stereocenters. The van der Waals surface area contributed by atoms with Gasteiger partial charge in [-0.05, 0) is 20.3 Å². The minimum Gasteiger partial charge on any atom is -0.453 e. The van der Waals surface area contributed by atoms with E-state index in [0.717, 1.165) is 6.42 Å². The summed E-state index contributed by atoms with van der Waals surface area (Å²) in [7, 11) is 1.32. The van der Waals surface area contributed by atoms with E-state index in [1.54, 1.807) is 4.90 Å². The van der Waals surface area contributed by atoms with Crippen molar-refractivity contribution in [2.75, 3.05) is 26.8 Å². The molecule has 98 valence electrons. The van der Waals surface area contributed by atoms with Crippen molar-refractivity contribution in [2.24, 2.45) is 0 Å². The zero-order valence-corrected chi connectivity index (χ0v) is 10.6. The Morgan fingerprint density at radius 3 is 2.76 bits per heavy atom. The summed E-state index contributed by atoms with van der Waals surface area (Å²) in [6, 6.07) is -0.0227. The summed E-state index contributed by atoms with van der Waals surface area (Å²) >= 11 is 0. The van der Waals surface area contributed by atoms with Crippen molar-refractivity contribution in [3.8, 4) is 0 Å². The molecule has 0 aromatic heterocycles. The van der Waals surface area contributed by atoms with Crippen molar-refractivity contribution in [2.45, 2.75) is 32.4 Å². The standard InChI is InChI=1S/C11H20N2O4/c1-8(2)17-7-10(14)13-5-4-9(6-13)12-11(15)16-3/h8-9H,4-7H2,1-3H3,(H,12,15). The Hall–Kier alpha value is -1.30. The first-order valence-electron chi connectivity index (χ1n) is 5.76. The van der Waals surface area contributed by atoms with Crippen LogP contribution in [-0.2, 0) is 14.3 Å². The van der Waals surface area contributed by atoms with Gasteiger partial charge in [-0.1, -0.05) is 0 Å². The number of likely N-dealkylation sites (tertiary alicyclic amines) is 1. The Kier molecular flexibility index (Phi) is 5.21. The fourth-order valence-corrected chi connectivity index (χ4v) is 1.66. The van der Waals surface area contributed by atoms with Gasteiger partial charge in [-0.15, -0.1) is 0 Å². The lowest BCUT2D eigenvalue weighted by Crippen LogP contribution is -2.39. The number of methoxy groups -OCH3 is 1. The molecule has 0 radical (unpaired) electrons. The van der Waals surface area contributed by atoms with Gasteiger partial charge >= 0.3 is 6.09 Å². The first-order valence-corrected chi connectivity index (χ1v) is 5.76. The molecule has 6 nitrogen and oxygen atoms in total. The summed E-state index contributed by atoms with van der Waals surface area (Å²) in [5, 5.41) is 2.68. The Balaban J connectivity index is 2.29. The molecule has 0 bridgehead atoms. The molecule has 0 aromatic rings. The molecule has 0 aromatic carbocycles. The highest BCUT2D eigenvalue weighted by Crippen LogP contribution is 2.09. The number of alkyl carbamates (subject to hydrolysis) is 1. The first-order chi connectivity index (χ1) is 8.02. The number of hydrogen-bond acceptors (Lipinski definition) is 4. The summed E-state index contributed by atoms with van der Waals surface area (Å²) < 4.78 is 9.76. The Bertz CT molecular complexity index is 281. The van der Waals surface area contributed by atoms with E-state index in [1.165, 1.54) is 7.11 Å². The van der Waals surface area contributed by atoms with Crippen LogP contribution in [0.3, 0.4) is 0 Å². The maximum absolute atomic E-state index is 11.7. The molecule has 2 amide bonds. The van der Waals surface area contributed by atoms with E-state index in [2.05, 4.69) is 10.1 Å². The maximum Gasteiger partial charge on any atom is 0.407 e. The molecule has 1 unspecified atom stereocenters. The topological polar surface area (TPSA) is 67.9 Å². The SMILES string of the molecule is COC(=O)NC1CCN(C(=O)COC(C)C)C1. The van der Waals surface area contributed by atoms with Crippen LogP contribution in [-0.4, -0.2) is 55.9 Å². The van der Waals surface area contributed by atoms with E-state index < -0.39 is 6.09 Å². The normalized spacial score (nSPS) is 19.5. The van der Waals surface area contributed by atoms with Crippen LogP contribution in [0, 0.1) is 0 Å². The van der Waals surface area contributed by atoms with E-state index in [4.69, 9.17) is 4.74 Å². The monoisotopic (exact) mass is 244 g/mol. The lowest BCUT2D eigenvalue weighted by molar-refractivity contribution is -0.136. The van der Waals surface area contributed by atoms with Crippen LogP contribution in [0.1, 0.15) is 20.3 Å². The summed E-state index contributed by atoms with van der Waals surface area (Å²) in [5.41, 5.74) is 0. The molecule has 1 fully saturated rings. The summed E-state index contributed by atoms with van der Waals surface area (Å²) in [4.78, 5) is 24.4. The van der Waals surface area contributed by atoms with Gasteiger partial charge in [0.25, 0.3) is 0 Å². The number of carbonyl (C=O) groups excluding carboxylic acids is 2. The third-order valence-corrected chi connectivity index (χ3v) is 2.59. The van der Waals surface area contributed by atoms with Crippen LogP contribution in [0.5, 0.6) is 0 Å². The molecule has 6 heteroatoms. The summed E-state index contributed by atoms with van der Waals surface area (Å²) in [6.45, 7) is 5.05. The quantitative estimate of drug-likeness (QED) is 0.775. The fourth-order valence-electron chi connectivity index (χ4n) is 1.66. The molecule has 1 aliphatic heterocycles. The predicted octanol–water partition coefficient (Wildman–Crippen LogP) is 0.368. The third kappa shape index (κ3) is 4.60. The zero-order chi connectivity index (χ0) is 12.8. The van der Waals surface area contributed by atoms with Gasteiger partial charge in [0, 0.05) is 13.1 Å². The molecular weight excluding hydrogens is 224 g/mol. The average molecular weight is 244 g/mol. The highest BCUT2D eigenvalue weighted by molar-refractivity contribution is 5.78. The number of rotatable bonds is 4. The molecule has 1 N–H and O–H groups in total.